The first kappa shape index (κ1) is 24.0. The zero-order chi connectivity index (χ0) is 21.3. The van der Waals surface area contributed by atoms with Gasteiger partial charge in [-0.25, -0.2) is 0 Å². The van der Waals surface area contributed by atoms with Crippen LogP contribution in [-0.2, 0) is 19.2 Å². The van der Waals surface area contributed by atoms with Gasteiger partial charge >= 0.3 is 0 Å². The number of nitrogens with two attached hydrogens (primary N) is 2. The number of likely N-dealkylation sites (tertiary alicyclic amines) is 1. The molecular weight excluding hydrogens is 362 g/mol. The molecule has 1 aliphatic rings. The van der Waals surface area contributed by atoms with Crippen LogP contribution in [0.4, 0.5) is 0 Å². The molecule has 1 fully saturated rings. The van der Waals surface area contributed by atoms with Crippen LogP contribution in [0.25, 0.3) is 0 Å². The van der Waals surface area contributed by atoms with Gasteiger partial charge in [0, 0.05) is 6.54 Å². The lowest BCUT2D eigenvalue weighted by molar-refractivity contribution is -0.141. The molecule has 0 aromatic carbocycles. The first-order chi connectivity index (χ1) is 13.2. The van der Waals surface area contributed by atoms with Crippen LogP contribution in [0.2, 0.25) is 0 Å². The summed E-state index contributed by atoms with van der Waals surface area (Å²) in [5.74, 6) is -1.19. The van der Waals surface area contributed by atoms with Crippen LogP contribution in [0.3, 0.4) is 0 Å². The number of hydrogen-bond acceptors (Lipinski definition) is 6. The molecule has 4 atom stereocenters. The summed E-state index contributed by atoms with van der Waals surface area (Å²) in [6.45, 7) is 6.09. The SMILES string of the molecule is CC(C)[C@@H]([C]=O)NC(=O)[C@@H]1CCCN1C(=O)[C@H](CCCCN)NC(=O)[C@@H](C)N. The maximum atomic E-state index is 13.1. The van der Waals surface area contributed by atoms with Gasteiger partial charge in [0.2, 0.25) is 24.0 Å². The Bertz CT molecular complexity index is 552. The van der Waals surface area contributed by atoms with E-state index in [0.717, 1.165) is 6.42 Å². The Morgan fingerprint density at radius 2 is 1.86 bits per heavy atom. The fourth-order valence-corrected chi connectivity index (χ4v) is 3.14. The Kier molecular flexibility index (Phi) is 10.1. The highest BCUT2D eigenvalue weighted by Crippen LogP contribution is 2.20. The molecule has 1 saturated heterocycles. The van der Waals surface area contributed by atoms with Gasteiger partial charge in [-0.05, 0) is 51.5 Å². The van der Waals surface area contributed by atoms with Crippen molar-refractivity contribution in [2.75, 3.05) is 13.1 Å². The number of nitrogens with zero attached hydrogens (tertiary/aromatic N) is 1. The van der Waals surface area contributed by atoms with E-state index in [2.05, 4.69) is 10.6 Å². The maximum Gasteiger partial charge on any atom is 0.245 e. The minimum absolute atomic E-state index is 0.0960. The van der Waals surface area contributed by atoms with Crippen LogP contribution >= 0.6 is 0 Å². The van der Waals surface area contributed by atoms with Crippen molar-refractivity contribution in [2.24, 2.45) is 17.4 Å². The highest BCUT2D eigenvalue weighted by Gasteiger charge is 2.38. The summed E-state index contributed by atoms with van der Waals surface area (Å²) in [6.07, 6.45) is 4.85. The quantitative estimate of drug-likeness (QED) is 0.336. The van der Waals surface area contributed by atoms with E-state index in [4.69, 9.17) is 11.5 Å². The van der Waals surface area contributed by atoms with Gasteiger partial charge < -0.3 is 27.0 Å². The second kappa shape index (κ2) is 11.8. The molecule has 1 radical (unpaired) electrons. The van der Waals surface area contributed by atoms with Crippen molar-refractivity contribution in [3.05, 3.63) is 0 Å². The van der Waals surface area contributed by atoms with Crippen molar-refractivity contribution in [3.8, 4) is 0 Å². The number of carbonyl (C=O) groups is 3. The molecule has 6 N–H and O–H groups in total. The van der Waals surface area contributed by atoms with Crippen LogP contribution < -0.4 is 22.1 Å². The highest BCUT2D eigenvalue weighted by molar-refractivity contribution is 5.94. The molecule has 3 amide bonds. The van der Waals surface area contributed by atoms with E-state index in [1.165, 1.54) is 4.90 Å². The van der Waals surface area contributed by atoms with E-state index in [1.54, 1.807) is 6.92 Å². The second-order valence-corrected chi connectivity index (χ2v) is 7.67. The third-order valence-electron chi connectivity index (χ3n) is 4.90. The first-order valence-corrected chi connectivity index (χ1v) is 9.97. The summed E-state index contributed by atoms with van der Waals surface area (Å²) in [5, 5.41) is 5.35. The summed E-state index contributed by atoms with van der Waals surface area (Å²) in [4.78, 5) is 50.3. The topological polar surface area (TPSA) is 148 Å². The minimum Gasteiger partial charge on any atom is -0.344 e. The zero-order valence-electron chi connectivity index (χ0n) is 17.1. The minimum atomic E-state index is -0.753. The number of amides is 3. The summed E-state index contributed by atoms with van der Waals surface area (Å²) in [7, 11) is 0. The van der Waals surface area contributed by atoms with Gasteiger partial charge in [-0.2, -0.15) is 0 Å². The van der Waals surface area contributed by atoms with Gasteiger partial charge in [-0.3, -0.25) is 19.2 Å². The maximum absolute atomic E-state index is 13.1. The molecule has 1 heterocycles. The zero-order valence-corrected chi connectivity index (χ0v) is 17.1. The molecule has 0 saturated carbocycles. The third kappa shape index (κ3) is 6.87. The number of nitrogens with one attached hydrogen (secondary N) is 2. The molecule has 0 aromatic heterocycles. The van der Waals surface area contributed by atoms with Gasteiger partial charge in [-0.15, -0.1) is 0 Å². The van der Waals surface area contributed by atoms with Gasteiger partial charge in [-0.1, -0.05) is 13.8 Å². The molecule has 28 heavy (non-hydrogen) atoms. The summed E-state index contributed by atoms with van der Waals surface area (Å²) in [6, 6.07) is -2.87. The monoisotopic (exact) mass is 396 g/mol. The highest BCUT2D eigenvalue weighted by atomic mass is 16.2. The van der Waals surface area contributed by atoms with E-state index in [0.29, 0.717) is 38.8 Å². The van der Waals surface area contributed by atoms with Gasteiger partial charge in [0.15, 0.2) is 0 Å². The average molecular weight is 397 g/mol. The second-order valence-electron chi connectivity index (χ2n) is 7.67. The van der Waals surface area contributed by atoms with E-state index >= 15 is 0 Å². The Labute approximate surface area is 166 Å². The van der Waals surface area contributed by atoms with Crippen LogP contribution in [0.5, 0.6) is 0 Å². The van der Waals surface area contributed by atoms with Crippen LogP contribution in [0.15, 0.2) is 0 Å². The molecule has 0 bridgehead atoms. The Balaban J connectivity index is 2.87. The predicted octanol–water partition coefficient (Wildman–Crippen LogP) is -0.811. The summed E-state index contributed by atoms with van der Waals surface area (Å²) < 4.78 is 0. The van der Waals surface area contributed by atoms with Gasteiger partial charge in [0.25, 0.3) is 0 Å². The van der Waals surface area contributed by atoms with E-state index in [-0.39, 0.29) is 17.7 Å². The normalized spacial score (nSPS) is 19.8. The molecule has 9 nitrogen and oxygen atoms in total. The summed E-state index contributed by atoms with van der Waals surface area (Å²) in [5.41, 5.74) is 11.1. The van der Waals surface area contributed by atoms with E-state index in [9.17, 15) is 19.2 Å². The lowest BCUT2D eigenvalue weighted by atomic mass is 10.0. The Morgan fingerprint density at radius 3 is 2.39 bits per heavy atom. The van der Waals surface area contributed by atoms with E-state index < -0.39 is 30.1 Å². The van der Waals surface area contributed by atoms with E-state index in [1.807, 2.05) is 20.1 Å². The van der Waals surface area contributed by atoms with Crippen molar-refractivity contribution in [1.82, 2.24) is 15.5 Å². The number of unbranched alkanes of at least 4 members (excludes halogenated alkanes) is 1. The van der Waals surface area contributed by atoms with Gasteiger partial charge in [0.05, 0.1) is 12.1 Å². The molecule has 1 rings (SSSR count). The van der Waals surface area contributed by atoms with Crippen LogP contribution in [0.1, 0.15) is 52.9 Å². The average Bonchev–Trinajstić information content (AvgIpc) is 3.14. The summed E-state index contributed by atoms with van der Waals surface area (Å²) >= 11 is 0. The molecule has 1 aliphatic heterocycles. The third-order valence-corrected chi connectivity index (χ3v) is 4.90. The number of hydrogen-bond donors (Lipinski definition) is 4. The largest absolute Gasteiger partial charge is 0.344 e. The smallest absolute Gasteiger partial charge is 0.245 e. The Hall–Kier alpha value is -2.00. The molecule has 0 aliphatic carbocycles. The molecule has 0 spiro atoms. The fourth-order valence-electron chi connectivity index (χ4n) is 3.14. The Morgan fingerprint density at radius 1 is 1.18 bits per heavy atom. The standard InChI is InChI=1S/C19H34N5O4/c1-12(2)15(11-25)23-18(27)16-8-6-10-24(16)19(28)14(7-4-5-9-20)22-17(26)13(3)21/h12-16H,4-10,20-21H2,1-3H3,(H,22,26)(H,23,27)/t13-,14+,15-,16+/m1/s1. The number of rotatable bonds is 11. The van der Waals surface area contributed by atoms with Crippen LogP contribution in [0, 0.1) is 5.92 Å². The fraction of sp³-hybridized carbons (Fsp3) is 0.789. The van der Waals surface area contributed by atoms with Gasteiger partial charge in [0.1, 0.15) is 12.1 Å². The number of carbonyl (C=O) groups excluding carboxylic acids is 4. The lowest BCUT2D eigenvalue weighted by Gasteiger charge is -2.30. The molecule has 0 unspecified atom stereocenters. The van der Waals surface area contributed by atoms with Crippen molar-refractivity contribution in [2.45, 2.75) is 77.0 Å². The lowest BCUT2D eigenvalue weighted by Crippen LogP contribution is -2.56. The molecule has 0 aromatic rings. The van der Waals surface area contributed by atoms with Crippen molar-refractivity contribution < 1.29 is 19.2 Å². The molecule has 9 heteroatoms. The molecular formula is C19H34N5O4. The van der Waals surface area contributed by atoms with Crippen LogP contribution in [-0.4, -0.2) is 66.2 Å². The van der Waals surface area contributed by atoms with Crippen molar-refractivity contribution >= 4 is 24.0 Å². The predicted molar refractivity (Wildman–Crippen MR) is 106 cm³/mol. The van der Waals surface area contributed by atoms with Crippen molar-refractivity contribution in [3.63, 3.8) is 0 Å². The molecule has 159 valence electrons. The first-order valence-electron chi connectivity index (χ1n) is 9.97. The van der Waals surface area contributed by atoms with Crippen molar-refractivity contribution in [1.29, 1.82) is 0 Å².